The average molecular weight is 216 g/mol. The smallest absolute Gasteiger partial charge is 0.325 e. The molecule has 1 amide bonds. The van der Waals surface area contributed by atoms with Crippen LogP contribution < -0.4 is 5.73 Å². The fourth-order valence-electron chi connectivity index (χ4n) is 1.28. The minimum atomic E-state index is -0.426. The first kappa shape index (κ1) is 13.9. The van der Waals surface area contributed by atoms with Crippen molar-refractivity contribution >= 4 is 11.9 Å². The van der Waals surface area contributed by atoms with E-state index in [4.69, 9.17) is 5.73 Å². The molecule has 0 aromatic heterocycles. The van der Waals surface area contributed by atoms with Gasteiger partial charge in [0.25, 0.3) is 0 Å². The van der Waals surface area contributed by atoms with Crippen LogP contribution in [0.4, 0.5) is 0 Å². The molecule has 0 aliphatic heterocycles. The van der Waals surface area contributed by atoms with Crippen LogP contribution >= 0.6 is 0 Å². The number of methoxy groups -OCH3 is 1. The molecular formula is C10H20N2O3. The van der Waals surface area contributed by atoms with E-state index in [1.54, 1.807) is 7.05 Å². The highest BCUT2D eigenvalue weighted by atomic mass is 16.5. The molecular weight excluding hydrogens is 196 g/mol. The van der Waals surface area contributed by atoms with E-state index in [1.165, 1.54) is 12.0 Å². The van der Waals surface area contributed by atoms with Gasteiger partial charge >= 0.3 is 5.97 Å². The van der Waals surface area contributed by atoms with Crippen LogP contribution in [0.3, 0.4) is 0 Å². The van der Waals surface area contributed by atoms with Crippen LogP contribution in [0.1, 0.15) is 13.8 Å². The zero-order valence-corrected chi connectivity index (χ0v) is 9.82. The fraction of sp³-hybridized carbons (Fsp3) is 0.800. The van der Waals surface area contributed by atoms with Gasteiger partial charge in [0, 0.05) is 13.6 Å². The average Bonchev–Trinajstić information content (AvgIpc) is 2.17. The number of nitrogens with zero attached hydrogens (tertiary/aromatic N) is 1. The van der Waals surface area contributed by atoms with Gasteiger partial charge in [-0.15, -0.1) is 0 Å². The van der Waals surface area contributed by atoms with E-state index in [1.807, 2.05) is 13.8 Å². The molecule has 88 valence electrons. The third-order valence-corrected chi connectivity index (χ3v) is 2.35. The van der Waals surface area contributed by atoms with Crippen molar-refractivity contribution in [2.45, 2.75) is 13.8 Å². The van der Waals surface area contributed by atoms with Crippen LogP contribution in [0.25, 0.3) is 0 Å². The first-order valence-electron chi connectivity index (χ1n) is 4.95. The van der Waals surface area contributed by atoms with E-state index >= 15 is 0 Å². The van der Waals surface area contributed by atoms with Crippen molar-refractivity contribution in [3.05, 3.63) is 0 Å². The highest BCUT2D eigenvalue weighted by molar-refractivity contribution is 5.83. The predicted octanol–water partition coefficient (Wildman–Crippen LogP) is -0.151. The largest absolute Gasteiger partial charge is 0.468 e. The van der Waals surface area contributed by atoms with E-state index in [2.05, 4.69) is 4.74 Å². The Morgan fingerprint density at radius 1 is 1.40 bits per heavy atom. The van der Waals surface area contributed by atoms with Crippen LogP contribution in [-0.4, -0.2) is 44.0 Å². The zero-order chi connectivity index (χ0) is 12.0. The molecule has 0 saturated heterocycles. The molecule has 1 unspecified atom stereocenters. The van der Waals surface area contributed by atoms with Crippen molar-refractivity contribution in [1.82, 2.24) is 4.90 Å². The Morgan fingerprint density at radius 3 is 2.27 bits per heavy atom. The minimum Gasteiger partial charge on any atom is -0.468 e. The van der Waals surface area contributed by atoms with Gasteiger partial charge in [-0.25, -0.2) is 0 Å². The zero-order valence-electron chi connectivity index (χ0n) is 9.82. The lowest BCUT2D eigenvalue weighted by atomic mass is 9.94. The van der Waals surface area contributed by atoms with Gasteiger partial charge in [-0.05, 0) is 5.92 Å². The fourth-order valence-corrected chi connectivity index (χ4v) is 1.28. The van der Waals surface area contributed by atoms with Crippen molar-refractivity contribution < 1.29 is 14.3 Å². The van der Waals surface area contributed by atoms with Crippen molar-refractivity contribution in [2.75, 3.05) is 27.2 Å². The Bertz CT molecular complexity index is 229. The molecule has 0 fully saturated rings. The summed E-state index contributed by atoms with van der Waals surface area (Å²) in [5.74, 6) is -0.606. The molecule has 0 aliphatic rings. The summed E-state index contributed by atoms with van der Waals surface area (Å²) in [6.07, 6.45) is 0. The lowest BCUT2D eigenvalue weighted by Gasteiger charge is -2.24. The molecule has 0 spiro atoms. The van der Waals surface area contributed by atoms with Crippen LogP contribution in [0.15, 0.2) is 0 Å². The molecule has 0 rings (SSSR count). The van der Waals surface area contributed by atoms with Crippen molar-refractivity contribution in [3.8, 4) is 0 Å². The second kappa shape index (κ2) is 6.40. The van der Waals surface area contributed by atoms with Gasteiger partial charge in [-0.2, -0.15) is 0 Å². The SMILES string of the molecule is COC(=O)CN(C)C(=O)C(CN)C(C)C. The van der Waals surface area contributed by atoms with Crippen molar-refractivity contribution in [3.63, 3.8) is 0 Å². The van der Waals surface area contributed by atoms with Gasteiger partial charge in [0.15, 0.2) is 0 Å². The molecule has 0 saturated carbocycles. The summed E-state index contributed by atoms with van der Waals surface area (Å²) >= 11 is 0. The summed E-state index contributed by atoms with van der Waals surface area (Å²) in [6.45, 7) is 4.13. The summed E-state index contributed by atoms with van der Waals surface area (Å²) in [4.78, 5) is 24.1. The Balaban J connectivity index is 4.35. The standard InChI is InChI=1S/C10H20N2O3/c1-7(2)8(5-11)10(14)12(3)6-9(13)15-4/h7-8H,5-6,11H2,1-4H3. The molecule has 1 atom stereocenters. The van der Waals surface area contributed by atoms with Gasteiger partial charge in [-0.3, -0.25) is 9.59 Å². The van der Waals surface area contributed by atoms with E-state index in [9.17, 15) is 9.59 Å². The molecule has 0 radical (unpaired) electrons. The van der Waals surface area contributed by atoms with E-state index in [-0.39, 0.29) is 24.3 Å². The number of rotatable bonds is 5. The number of hydrogen-bond acceptors (Lipinski definition) is 4. The van der Waals surface area contributed by atoms with Gasteiger partial charge in [0.05, 0.1) is 13.0 Å². The van der Waals surface area contributed by atoms with E-state index in [0.29, 0.717) is 6.54 Å². The first-order chi connectivity index (χ1) is 6.93. The summed E-state index contributed by atoms with van der Waals surface area (Å²) in [5, 5.41) is 0. The third kappa shape index (κ3) is 4.29. The van der Waals surface area contributed by atoms with Crippen LogP contribution in [0, 0.1) is 11.8 Å². The Morgan fingerprint density at radius 2 is 1.93 bits per heavy atom. The van der Waals surface area contributed by atoms with Crippen molar-refractivity contribution in [2.24, 2.45) is 17.6 Å². The quantitative estimate of drug-likeness (QED) is 0.649. The van der Waals surface area contributed by atoms with Crippen LogP contribution in [-0.2, 0) is 14.3 Å². The number of esters is 1. The predicted molar refractivity (Wildman–Crippen MR) is 57.0 cm³/mol. The number of likely N-dealkylation sites (N-methyl/N-ethyl adjacent to an activating group) is 1. The maximum atomic E-state index is 11.8. The highest BCUT2D eigenvalue weighted by Crippen LogP contribution is 2.11. The molecule has 2 N–H and O–H groups in total. The normalized spacial score (nSPS) is 12.4. The number of carbonyl (C=O) groups excluding carboxylic acids is 2. The molecule has 5 heteroatoms. The van der Waals surface area contributed by atoms with E-state index < -0.39 is 5.97 Å². The number of carbonyl (C=O) groups is 2. The summed E-state index contributed by atoms with van der Waals surface area (Å²) in [6, 6.07) is 0. The molecule has 0 heterocycles. The Kier molecular flexibility index (Phi) is 5.93. The summed E-state index contributed by atoms with van der Waals surface area (Å²) in [7, 11) is 2.87. The monoisotopic (exact) mass is 216 g/mol. The van der Waals surface area contributed by atoms with Gasteiger partial charge in [0.2, 0.25) is 5.91 Å². The third-order valence-electron chi connectivity index (χ3n) is 2.35. The number of hydrogen-bond donors (Lipinski definition) is 1. The topological polar surface area (TPSA) is 72.6 Å². The van der Waals surface area contributed by atoms with Crippen molar-refractivity contribution in [1.29, 1.82) is 0 Å². The first-order valence-corrected chi connectivity index (χ1v) is 4.95. The molecule has 0 aliphatic carbocycles. The molecule has 0 aromatic rings. The highest BCUT2D eigenvalue weighted by Gasteiger charge is 2.24. The Hall–Kier alpha value is -1.10. The minimum absolute atomic E-state index is 0.0292. The van der Waals surface area contributed by atoms with Gasteiger partial charge in [-0.1, -0.05) is 13.8 Å². The second-order valence-electron chi connectivity index (χ2n) is 3.86. The molecule has 0 aromatic carbocycles. The lowest BCUT2D eigenvalue weighted by molar-refractivity contribution is -0.147. The second-order valence-corrected chi connectivity index (χ2v) is 3.86. The van der Waals surface area contributed by atoms with Gasteiger partial charge in [0.1, 0.15) is 6.54 Å². The maximum absolute atomic E-state index is 11.8. The lowest BCUT2D eigenvalue weighted by Crippen LogP contribution is -2.41. The summed E-state index contributed by atoms with van der Waals surface area (Å²) < 4.78 is 4.48. The molecule has 15 heavy (non-hydrogen) atoms. The number of amides is 1. The summed E-state index contributed by atoms with van der Waals surface area (Å²) in [5.41, 5.74) is 5.51. The van der Waals surface area contributed by atoms with Crippen LogP contribution in [0.5, 0.6) is 0 Å². The maximum Gasteiger partial charge on any atom is 0.325 e. The number of ether oxygens (including phenoxy) is 1. The Labute approximate surface area is 90.6 Å². The van der Waals surface area contributed by atoms with E-state index in [0.717, 1.165) is 0 Å². The molecule has 0 bridgehead atoms. The van der Waals surface area contributed by atoms with Gasteiger partial charge < -0.3 is 15.4 Å². The molecule has 5 nitrogen and oxygen atoms in total. The number of nitrogens with two attached hydrogens (primary N) is 1. The van der Waals surface area contributed by atoms with Crippen LogP contribution in [0.2, 0.25) is 0 Å².